The molecule has 5 unspecified atom stereocenters. The van der Waals surface area contributed by atoms with E-state index in [1.807, 2.05) is 20.8 Å². The van der Waals surface area contributed by atoms with E-state index in [9.17, 15) is 19.2 Å². The molecule has 0 fully saturated rings. The zero-order valence-electron chi connectivity index (χ0n) is 20.3. The molecular formula is C21H41N7O5. The first-order chi connectivity index (χ1) is 15.3. The number of nitrogens with one attached hydrogen (secondary N) is 3. The number of carboxylic acid groups (broad SMARTS) is 1. The lowest BCUT2D eigenvalue weighted by atomic mass is 9.96. The monoisotopic (exact) mass is 471 g/mol. The molecule has 3 amide bonds. The van der Waals surface area contributed by atoms with E-state index < -0.39 is 47.9 Å². The van der Waals surface area contributed by atoms with Crippen LogP contribution in [0.1, 0.15) is 60.3 Å². The van der Waals surface area contributed by atoms with Gasteiger partial charge < -0.3 is 38.3 Å². The van der Waals surface area contributed by atoms with Gasteiger partial charge in [-0.2, -0.15) is 0 Å². The molecule has 0 aliphatic heterocycles. The van der Waals surface area contributed by atoms with Gasteiger partial charge in [0.05, 0.1) is 6.04 Å². The lowest BCUT2D eigenvalue weighted by Crippen LogP contribution is -2.58. The van der Waals surface area contributed by atoms with E-state index in [4.69, 9.17) is 22.3 Å². The van der Waals surface area contributed by atoms with Gasteiger partial charge >= 0.3 is 5.97 Å². The normalized spacial score (nSPS) is 15.5. The highest BCUT2D eigenvalue weighted by Gasteiger charge is 2.31. The minimum absolute atomic E-state index is 0.100. The number of nitrogens with two attached hydrogens (primary N) is 3. The van der Waals surface area contributed by atoms with Crippen LogP contribution >= 0.6 is 0 Å². The minimum atomic E-state index is -1.21. The lowest BCUT2D eigenvalue weighted by Gasteiger charge is -2.28. The number of carboxylic acids is 1. The van der Waals surface area contributed by atoms with Gasteiger partial charge in [-0.25, -0.2) is 0 Å². The summed E-state index contributed by atoms with van der Waals surface area (Å²) in [6, 6.07) is -3.86. The summed E-state index contributed by atoms with van der Waals surface area (Å²) >= 11 is 0. The van der Waals surface area contributed by atoms with Crippen molar-refractivity contribution < 1.29 is 24.3 Å². The molecule has 0 aliphatic rings. The molecule has 0 rings (SSSR count). The van der Waals surface area contributed by atoms with Crippen molar-refractivity contribution in [2.45, 2.75) is 84.5 Å². The van der Waals surface area contributed by atoms with Crippen molar-refractivity contribution in [2.24, 2.45) is 34.0 Å². The van der Waals surface area contributed by atoms with Crippen molar-refractivity contribution in [2.75, 3.05) is 6.54 Å². The van der Waals surface area contributed by atoms with Crippen LogP contribution in [0.5, 0.6) is 0 Å². The van der Waals surface area contributed by atoms with Crippen molar-refractivity contribution in [3.8, 4) is 0 Å². The molecule has 190 valence electrons. The Morgan fingerprint density at radius 1 is 0.939 bits per heavy atom. The Hall–Kier alpha value is -2.89. The number of guanidine groups is 1. The molecule has 10 N–H and O–H groups in total. The SMILES string of the molecule is CCC(C)C(NC(=O)C(N)CC(C)C)C(=O)NC(CCCN=C(N)N)C(=O)NC(C)C(=O)O. The summed E-state index contributed by atoms with van der Waals surface area (Å²) < 4.78 is 0. The predicted octanol–water partition coefficient (Wildman–Crippen LogP) is -0.982. The highest BCUT2D eigenvalue weighted by Crippen LogP contribution is 2.11. The van der Waals surface area contributed by atoms with E-state index in [-0.39, 0.29) is 30.8 Å². The first kappa shape index (κ1) is 30.1. The second-order valence-corrected chi connectivity index (χ2v) is 8.69. The third-order valence-corrected chi connectivity index (χ3v) is 5.16. The first-order valence-corrected chi connectivity index (χ1v) is 11.2. The van der Waals surface area contributed by atoms with E-state index in [1.165, 1.54) is 6.92 Å². The Balaban J connectivity index is 5.48. The average molecular weight is 472 g/mol. The minimum Gasteiger partial charge on any atom is -0.480 e. The molecule has 5 atom stereocenters. The van der Waals surface area contributed by atoms with E-state index in [2.05, 4.69) is 20.9 Å². The molecule has 0 heterocycles. The van der Waals surface area contributed by atoms with Crippen LogP contribution in [0.4, 0.5) is 0 Å². The number of carbonyl (C=O) groups excluding carboxylic acids is 3. The number of carbonyl (C=O) groups is 4. The summed E-state index contributed by atoms with van der Waals surface area (Å²) in [4.78, 5) is 53.2. The summed E-state index contributed by atoms with van der Waals surface area (Å²) in [7, 11) is 0. The highest BCUT2D eigenvalue weighted by molar-refractivity contribution is 5.94. The lowest BCUT2D eigenvalue weighted by molar-refractivity contribution is -0.142. The third kappa shape index (κ3) is 12.1. The Kier molecular flexibility index (Phi) is 13.7. The van der Waals surface area contributed by atoms with Gasteiger partial charge in [0, 0.05) is 6.54 Å². The zero-order valence-corrected chi connectivity index (χ0v) is 20.3. The predicted molar refractivity (Wildman–Crippen MR) is 126 cm³/mol. The molecule has 0 aromatic rings. The van der Waals surface area contributed by atoms with E-state index in [0.29, 0.717) is 19.3 Å². The van der Waals surface area contributed by atoms with Crippen molar-refractivity contribution in [3.63, 3.8) is 0 Å². The fourth-order valence-corrected chi connectivity index (χ4v) is 2.99. The van der Waals surface area contributed by atoms with E-state index in [1.54, 1.807) is 6.92 Å². The maximum atomic E-state index is 13.1. The van der Waals surface area contributed by atoms with Gasteiger partial charge in [-0.15, -0.1) is 0 Å². The van der Waals surface area contributed by atoms with Gasteiger partial charge in [0.25, 0.3) is 0 Å². The summed E-state index contributed by atoms with van der Waals surface area (Å²) in [5.41, 5.74) is 16.6. The molecule has 12 nitrogen and oxygen atoms in total. The van der Waals surface area contributed by atoms with Crippen LogP contribution in [0.15, 0.2) is 4.99 Å². The molecule has 0 aliphatic carbocycles. The van der Waals surface area contributed by atoms with Gasteiger partial charge in [-0.05, 0) is 38.0 Å². The Labute approximate surface area is 195 Å². The van der Waals surface area contributed by atoms with Crippen LogP contribution in [0, 0.1) is 11.8 Å². The summed E-state index contributed by atoms with van der Waals surface area (Å²) in [6.45, 7) is 9.10. The number of aliphatic imine (C=N–C) groups is 1. The van der Waals surface area contributed by atoms with Gasteiger partial charge in [0.1, 0.15) is 18.1 Å². The van der Waals surface area contributed by atoms with E-state index >= 15 is 0 Å². The van der Waals surface area contributed by atoms with Gasteiger partial charge in [-0.3, -0.25) is 24.2 Å². The Bertz CT molecular complexity index is 694. The average Bonchev–Trinajstić information content (AvgIpc) is 2.72. The Morgan fingerprint density at radius 3 is 2.03 bits per heavy atom. The number of hydrogen-bond donors (Lipinski definition) is 7. The topological polar surface area (TPSA) is 215 Å². The first-order valence-electron chi connectivity index (χ1n) is 11.2. The van der Waals surface area contributed by atoms with Crippen LogP contribution in [0.25, 0.3) is 0 Å². The van der Waals surface area contributed by atoms with Crippen molar-refractivity contribution in [1.29, 1.82) is 0 Å². The molecule has 0 spiro atoms. The molecule has 0 aromatic heterocycles. The largest absolute Gasteiger partial charge is 0.480 e. The fraction of sp³-hybridized carbons (Fsp3) is 0.762. The summed E-state index contributed by atoms with van der Waals surface area (Å²) in [6.07, 6.45) is 1.57. The second kappa shape index (κ2) is 15.0. The molecule has 0 bridgehead atoms. The second-order valence-electron chi connectivity index (χ2n) is 8.69. The zero-order chi connectivity index (χ0) is 25.7. The summed E-state index contributed by atoms with van der Waals surface area (Å²) in [5, 5.41) is 16.8. The van der Waals surface area contributed by atoms with Crippen LogP contribution < -0.4 is 33.2 Å². The molecule has 33 heavy (non-hydrogen) atoms. The molecule has 0 saturated heterocycles. The standard InChI is InChI=1S/C21H41N7O5/c1-6-12(4)16(28-17(29)14(22)10-11(2)3)19(31)27-15(8-7-9-25-21(23)24)18(30)26-13(5)20(32)33/h11-16H,6-10,22H2,1-5H3,(H,26,30)(H,27,31)(H,28,29)(H,32,33)(H4,23,24,25). The van der Waals surface area contributed by atoms with E-state index in [0.717, 1.165) is 0 Å². The number of nitrogens with zero attached hydrogens (tertiary/aromatic N) is 1. The van der Waals surface area contributed by atoms with Crippen molar-refractivity contribution >= 4 is 29.7 Å². The number of hydrogen-bond acceptors (Lipinski definition) is 6. The fourth-order valence-electron chi connectivity index (χ4n) is 2.99. The Morgan fingerprint density at radius 2 is 1.55 bits per heavy atom. The number of amides is 3. The summed E-state index contributed by atoms with van der Waals surface area (Å²) in [5.74, 6) is -3.00. The van der Waals surface area contributed by atoms with Crippen molar-refractivity contribution in [3.05, 3.63) is 0 Å². The molecule has 0 radical (unpaired) electrons. The third-order valence-electron chi connectivity index (χ3n) is 5.16. The molecular weight excluding hydrogens is 430 g/mol. The van der Waals surface area contributed by atoms with Crippen LogP contribution in [-0.2, 0) is 19.2 Å². The molecule has 12 heteroatoms. The number of aliphatic carboxylic acids is 1. The van der Waals surface area contributed by atoms with Gasteiger partial charge in [0.15, 0.2) is 5.96 Å². The van der Waals surface area contributed by atoms with Crippen LogP contribution in [-0.4, -0.2) is 65.5 Å². The maximum absolute atomic E-state index is 13.1. The van der Waals surface area contributed by atoms with Crippen molar-refractivity contribution in [1.82, 2.24) is 16.0 Å². The highest BCUT2D eigenvalue weighted by atomic mass is 16.4. The van der Waals surface area contributed by atoms with Crippen LogP contribution in [0.3, 0.4) is 0 Å². The smallest absolute Gasteiger partial charge is 0.325 e. The molecule has 0 saturated carbocycles. The van der Waals surface area contributed by atoms with Gasteiger partial charge in [0.2, 0.25) is 17.7 Å². The number of rotatable bonds is 15. The maximum Gasteiger partial charge on any atom is 0.325 e. The van der Waals surface area contributed by atoms with Crippen LogP contribution in [0.2, 0.25) is 0 Å². The molecule has 0 aromatic carbocycles. The van der Waals surface area contributed by atoms with Gasteiger partial charge in [-0.1, -0.05) is 34.1 Å². The quantitative estimate of drug-likeness (QED) is 0.0892.